The van der Waals surface area contributed by atoms with Crippen LogP contribution in [-0.2, 0) is 16.1 Å². The number of aliphatic carboxylic acids is 1. The standard InChI is InChI=1S/C16H25N3O3.C2HF3O2/c1-11-6-7-12(22-11)9-19-10-13(17-16(20)18(2)3)15-14(19)5-4-8-21-15;3-2(4,5)1(6)7/h6-7,13-15H,4-5,8-10H2,1-3H3,(H,17,20);(H,6,7)/t13-,14+,15+;/m0./s1. The summed E-state index contributed by atoms with van der Waals surface area (Å²) in [4.78, 5) is 24.8. The average Bonchev–Trinajstić information content (AvgIpc) is 3.19. The fourth-order valence-corrected chi connectivity index (χ4v) is 3.42. The van der Waals surface area contributed by atoms with E-state index < -0.39 is 12.1 Å². The van der Waals surface area contributed by atoms with Crippen LogP contribution in [0, 0.1) is 6.92 Å². The number of urea groups is 1. The van der Waals surface area contributed by atoms with Gasteiger partial charge in [0.25, 0.3) is 0 Å². The molecule has 0 aliphatic carbocycles. The van der Waals surface area contributed by atoms with Crippen LogP contribution in [0.4, 0.5) is 18.0 Å². The number of hydrogen-bond donors (Lipinski definition) is 2. The Labute approximate surface area is 166 Å². The predicted molar refractivity (Wildman–Crippen MR) is 96.3 cm³/mol. The van der Waals surface area contributed by atoms with Crippen molar-refractivity contribution >= 4 is 12.0 Å². The molecule has 3 heterocycles. The van der Waals surface area contributed by atoms with Crippen LogP contribution in [0.3, 0.4) is 0 Å². The molecule has 0 unspecified atom stereocenters. The molecule has 2 saturated heterocycles. The van der Waals surface area contributed by atoms with E-state index in [1.165, 1.54) is 0 Å². The molecule has 29 heavy (non-hydrogen) atoms. The van der Waals surface area contributed by atoms with Gasteiger partial charge in [0, 0.05) is 33.3 Å². The molecule has 8 nitrogen and oxygen atoms in total. The first kappa shape index (κ1) is 23.0. The van der Waals surface area contributed by atoms with E-state index in [9.17, 15) is 18.0 Å². The number of halogens is 3. The van der Waals surface area contributed by atoms with Gasteiger partial charge in [0.15, 0.2) is 0 Å². The number of furan rings is 1. The van der Waals surface area contributed by atoms with Crippen LogP contribution in [0.15, 0.2) is 16.5 Å². The number of fused-ring (bicyclic) bond motifs is 1. The van der Waals surface area contributed by atoms with Crippen molar-refractivity contribution in [2.24, 2.45) is 0 Å². The number of carboxylic acids is 1. The summed E-state index contributed by atoms with van der Waals surface area (Å²) < 4.78 is 43.4. The quantitative estimate of drug-likeness (QED) is 0.777. The number of carboxylic acid groups (broad SMARTS) is 1. The van der Waals surface area contributed by atoms with Gasteiger partial charge in [-0.25, -0.2) is 9.59 Å². The number of likely N-dealkylation sites (tertiary alicyclic amines) is 1. The summed E-state index contributed by atoms with van der Waals surface area (Å²) in [6.07, 6.45) is -2.82. The van der Waals surface area contributed by atoms with Crippen LogP contribution in [0.25, 0.3) is 0 Å². The van der Waals surface area contributed by atoms with Crippen LogP contribution in [0.1, 0.15) is 24.4 Å². The van der Waals surface area contributed by atoms with E-state index in [0.717, 1.165) is 44.1 Å². The van der Waals surface area contributed by atoms with Crippen LogP contribution in [-0.4, -0.2) is 78.5 Å². The smallest absolute Gasteiger partial charge is 0.475 e. The lowest BCUT2D eigenvalue weighted by molar-refractivity contribution is -0.192. The molecular weight excluding hydrogens is 395 g/mol. The number of nitrogens with zero attached hydrogens (tertiary/aromatic N) is 2. The van der Waals surface area contributed by atoms with Crippen molar-refractivity contribution in [1.82, 2.24) is 15.1 Å². The molecule has 2 fully saturated rings. The summed E-state index contributed by atoms with van der Waals surface area (Å²) in [7, 11) is 3.51. The van der Waals surface area contributed by atoms with Crippen LogP contribution in [0.5, 0.6) is 0 Å². The van der Waals surface area contributed by atoms with Crippen molar-refractivity contribution in [1.29, 1.82) is 0 Å². The molecule has 2 N–H and O–H groups in total. The van der Waals surface area contributed by atoms with Gasteiger partial charge in [-0.05, 0) is 31.9 Å². The zero-order chi connectivity index (χ0) is 21.8. The van der Waals surface area contributed by atoms with Gasteiger partial charge in [-0.15, -0.1) is 0 Å². The second-order valence-electron chi connectivity index (χ2n) is 7.24. The second-order valence-corrected chi connectivity index (χ2v) is 7.24. The number of hydrogen-bond acceptors (Lipinski definition) is 5. The molecular formula is C18H26F3N3O5. The lowest BCUT2D eigenvalue weighted by atomic mass is 10.0. The largest absolute Gasteiger partial charge is 0.490 e. The normalized spacial score (nSPS) is 24.3. The molecule has 1 aromatic rings. The number of alkyl halides is 3. The third-order valence-corrected chi connectivity index (χ3v) is 4.74. The molecule has 2 aliphatic rings. The fourth-order valence-electron chi connectivity index (χ4n) is 3.42. The number of amides is 2. The minimum Gasteiger partial charge on any atom is -0.475 e. The van der Waals surface area contributed by atoms with E-state index in [1.54, 1.807) is 19.0 Å². The topological polar surface area (TPSA) is 95.3 Å². The highest BCUT2D eigenvalue weighted by Gasteiger charge is 2.44. The molecule has 3 rings (SSSR count). The molecule has 0 saturated carbocycles. The fraction of sp³-hybridized carbons (Fsp3) is 0.667. The Morgan fingerprint density at radius 3 is 2.52 bits per heavy atom. The van der Waals surface area contributed by atoms with Gasteiger partial charge in [-0.3, -0.25) is 4.90 Å². The molecule has 0 radical (unpaired) electrons. The van der Waals surface area contributed by atoms with Gasteiger partial charge >= 0.3 is 18.2 Å². The van der Waals surface area contributed by atoms with E-state index in [1.807, 2.05) is 19.1 Å². The molecule has 0 spiro atoms. The molecule has 164 valence electrons. The number of carbonyl (C=O) groups excluding carboxylic acids is 1. The number of ether oxygens (including phenoxy) is 1. The third-order valence-electron chi connectivity index (χ3n) is 4.74. The average molecular weight is 421 g/mol. The summed E-state index contributed by atoms with van der Waals surface area (Å²) in [5.41, 5.74) is 0. The summed E-state index contributed by atoms with van der Waals surface area (Å²) >= 11 is 0. The van der Waals surface area contributed by atoms with Gasteiger partial charge in [0.1, 0.15) is 11.5 Å². The second kappa shape index (κ2) is 9.49. The summed E-state index contributed by atoms with van der Waals surface area (Å²) in [6.45, 7) is 4.31. The van der Waals surface area contributed by atoms with E-state index in [0.29, 0.717) is 6.04 Å². The Balaban J connectivity index is 0.000000370. The Hall–Kier alpha value is -2.27. The van der Waals surface area contributed by atoms with Gasteiger partial charge in [-0.1, -0.05) is 0 Å². The minimum atomic E-state index is -5.08. The molecule has 3 atom stereocenters. The van der Waals surface area contributed by atoms with E-state index in [2.05, 4.69) is 10.2 Å². The third kappa shape index (κ3) is 6.36. The van der Waals surface area contributed by atoms with Crippen molar-refractivity contribution in [2.75, 3.05) is 27.2 Å². The number of carbonyl (C=O) groups is 2. The first-order valence-electron chi connectivity index (χ1n) is 9.18. The number of aryl methyl sites for hydroxylation is 1. The van der Waals surface area contributed by atoms with Gasteiger partial charge in [0.05, 0.1) is 18.7 Å². The SMILES string of the molecule is Cc1ccc(CN2C[C@H](NC(=O)N(C)C)[C@H]3OCCC[C@H]32)o1.O=C(O)C(F)(F)F. The summed E-state index contributed by atoms with van der Waals surface area (Å²) in [6, 6.07) is 4.35. The predicted octanol–water partition coefficient (Wildman–Crippen LogP) is 2.22. The monoisotopic (exact) mass is 421 g/mol. The Morgan fingerprint density at radius 1 is 1.34 bits per heavy atom. The first-order chi connectivity index (χ1) is 13.5. The molecule has 2 aliphatic heterocycles. The minimum absolute atomic E-state index is 0.0382. The number of nitrogens with one attached hydrogen (secondary N) is 1. The van der Waals surface area contributed by atoms with Crippen LogP contribution >= 0.6 is 0 Å². The zero-order valence-corrected chi connectivity index (χ0v) is 16.5. The van der Waals surface area contributed by atoms with Gasteiger partial charge in [0.2, 0.25) is 0 Å². The first-order valence-corrected chi connectivity index (χ1v) is 9.18. The van der Waals surface area contributed by atoms with E-state index in [4.69, 9.17) is 19.1 Å². The molecule has 0 bridgehead atoms. The van der Waals surface area contributed by atoms with Gasteiger partial charge < -0.3 is 24.5 Å². The lowest BCUT2D eigenvalue weighted by Gasteiger charge is -2.32. The van der Waals surface area contributed by atoms with E-state index >= 15 is 0 Å². The summed E-state index contributed by atoms with van der Waals surface area (Å²) in [5, 5.41) is 10.2. The highest BCUT2D eigenvalue weighted by molar-refractivity contribution is 5.74. The maximum Gasteiger partial charge on any atom is 0.490 e. The van der Waals surface area contributed by atoms with E-state index in [-0.39, 0.29) is 18.2 Å². The maximum atomic E-state index is 12.0. The highest BCUT2D eigenvalue weighted by atomic mass is 19.4. The van der Waals surface area contributed by atoms with Crippen molar-refractivity contribution in [3.05, 3.63) is 23.7 Å². The molecule has 1 aromatic heterocycles. The molecule has 0 aromatic carbocycles. The van der Waals surface area contributed by atoms with Gasteiger partial charge in [-0.2, -0.15) is 13.2 Å². The van der Waals surface area contributed by atoms with Crippen molar-refractivity contribution < 1.29 is 37.0 Å². The molecule has 2 amide bonds. The Kier molecular flexibility index (Phi) is 7.53. The zero-order valence-electron chi connectivity index (χ0n) is 16.5. The Morgan fingerprint density at radius 2 is 2.00 bits per heavy atom. The van der Waals surface area contributed by atoms with Crippen molar-refractivity contribution in [2.45, 2.75) is 50.7 Å². The number of rotatable bonds is 3. The summed E-state index contributed by atoms with van der Waals surface area (Å²) in [5.74, 6) is -0.850. The lowest BCUT2D eigenvalue weighted by Crippen LogP contribution is -2.50. The van der Waals surface area contributed by atoms with Crippen molar-refractivity contribution in [3.63, 3.8) is 0 Å². The van der Waals surface area contributed by atoms with Crippen molar-refractivity contribution in [3.8, 4) is 0 Å². The highest BCUT2D eigenvalue weighted by Crippen LogP contribution is 2.30. The Bertz CT molecular complexity index is 707. The van der Waals surface area contributed by atoms with Crippen LogP contribution < -0.4 is 5.32 Å². The molecule has 11 heteroatoms. The maximum absolute atomic E-state index is 12.0. The van der Waals surface area contributed by atoms with Crippen LogP contribution in [0.2, 0.25) is 0 Å².